The lowest BCUT2D eigenvalue weighted by Gasteiger charge is -2.19. The van der Waals surface area contributed by atoms with Crippen LogP contribution in [0, 0.1) is 19.8 Å². The Morgan fingerprint density at radius 1 is 1.07 bits per heavy atom. The standard InChI is InChI=1S/C21H30S.C5H11NO/c1-5-16(2)14-15-21-18(4)22-17(3)20(21)13-9-12-19-10-7-6-8-11-19;1-5-4-7-3-2-6-5/h6-8,10-11,16H,5,9,12-15H2,1-4H3;5-6H,2-4H2,1H3. The molecule has 1 aliphatic heterocycles. The molecule has 2 unspecified atom stereocenters. The quantitative estimate of drug-likeness (QED) is 0.530. The first-order valence-corrected chi connectivity index (χ1v) is 12.3. The van der Waals surface area contributed by atoms with E-state index in [4.69, 9.17) is 4.74 Å². The minimum Gasteiger partial charge on any atom is -0.379 e. The zero-order valence-electron chi connectivity index (χ0n) is 19.2. The fraction of sp³-hybridized carbons (Fsp3) is 0.615. The Kier molecular flexibility index (Phi) is 11.0. The van der Waals surface area contributed by atoms with E-state index in [1.54, 1.807) is 20.9 Å². The van der Waals surface area contributed by atoms with Crippen molar-refractivity contribution in [2.24, 2.45) is 5.92 Å². The normalized spacial score (nSPS) is 17.5. The number of rotatable bonds is 8. The zero-order valence-corrected chi connectivity index (χ0v) is 20.0. The Morgan fingerprint density at radius 3 is 2.31 bits per heavy atom. The Balaban J connectivity index is 0.000000360. The molecule has 0 amide bonds. The van der Waals surface area contributed by atoms with Gasteiger partial charge in [-0.2, -0.15) is 0 Å². The maximum atomic E-state index is 5.12. The molecule has 1 aliphatic rings. The Labute approximate surface area is 183 Å². The molecule has 1 aromatic heterocycles. The molecule has 0 radical (unpaired) electrons. The van der Waals surface area contributed by atoms with E-state index in [1.165, 1.54) is 44.1 Å². The van der Waals surface area contributed by atoms with Crippen LogP contribution in [0.1, 0.15) is 66.5 Å². The van der Waals surface area contributed by atoms with Crippen molar-refractivity contribution in [1.29, 1.82) is 0 Å². The number of hydrogen-bond acceptors (Lipinski definition) is 3. The van der Waals surface area contributed by atoms with Crippen LogP contribution in [-0.2, 0) is 24.0 Å². The van der Waals surface area contributed by atoms with Gasteiger partial charge in [0.2, 0.25) is 0 Å². The van der Waals surface area contributed by atoms with Crippen molar-refractivity contribution >= 4 is 11.3 Å². The maximum Gasteiger partial charge on any atom is 0.0617 e. The van der Waals surface area contributed by atoms with Crippen molar-refractivity contribution in [2.45, 2.75) is 79.2 Å². The first-order valence-electron chi connectivity index (χ1n) is 11.4. The molecule has 1 saturated heterocycles. The van der Waals surface area contributed by atoms with Gasteiger partial charge in [-0.15, -0.1) is 11.3 Å². The van der Waals surface area contributed by atoms with E-state index < -0.39 is 0 Å². The lowest BCUT2D eigenvalue weighted by atomic mass is 9.94. The molecule has 162 valence electrons. The molecule has 2 atom stereocenters. The molecule has 1 aromatic carbocycles. The molecule has 0 aliphatic carbocycles. The molecule has 2 heterocycles. The van der Waals surface area contributed by atoms with Crippen LogP contribution in [0.25, 0.3) is 0 Å². The third kappa shape index (κ3) is 8.62. The Morgan fingerprint density at radius 2 is 1.76 bits per heavy atom. The van der Waals surface area contributed by atoms with Crippen molar-refractivity contribution in [3.8, 4) is 0 Å². The molecule has 3 rings (SSSR count). The highest BCUT2D eigenvalue weighted by molar-refractivity contribution is 7.12. The number of hydrogen-bond donors (Lipinski definition) is 1. The van der Waals surface area contributed by atoms with Gasteiger partial charge in [0.15, 0.2) is 0 Å². The van der Waals surface area contributed by atoms with Crippen molar-refractivity contribution < 1.29 is 4.74 Å². The minimum absolute atomic E-state index is 0.564. The minimum atomic E-state index is 0.564. The van der Waals surface area contributed by atoms with Crippen LogP contribution in [0.5, 0.6) is 0 Å². The van der Waals surface area contributed by atoms with Gasteiger partial charge in [-0.1, -0.05) is 50.6 Å². The Hall–Kier alpha value is -1.16. The van der Waals surface area contributed by atoms with Crippen LogP contribution in [0.2, 0.25) is 0 Å². The van der Waals surface area contributed by atoms with Gasteiger partial charge >= 0.3 is 0 Å². The molecule has 0 spiro atoms. The molecule has 1 fully saturated rings. The fourth-order valence-electron chi connectivity index (χ4n) is 3.84. The van der Waals surface area contributed by atoms with E-state index in [-0.39, 0.29) is 0 Å². The predicted octanol–water partition coefficient (Wildman–Crippen LogP) is 6.51. The van der Waals surface area contributed by atoms with Crippen LogP contribution in [0.15, 0.2) is 30.3 Å². The second-order valence-corrected chi connectivity index (χ2v) is 9.92. The molecule has 0 bridgehead atoms. The topological polar surface area (TPSA) is 21.3 Å². The van der Waals surface area contributed by atoms with Crippen LogP contribution in [0.3, 0.4) is 0 Å². The molecular weight excluding hydrogens is 374 g/mol. The summed E-state index contributed by atoms with van der Waals surface area (Å²) in [7, 11) is 0. The van der Waals surface area contributed by atoms with Crippen LogP contribution >= 0.6 is 11.3 Å². The van der Waals surface area contributed by atoms with E-state index in [1.807, 2.05) is 11.3 Å². The Bertz CT molecular complexity index is 688. The molecule has 2 aromatic rings. The predicted molar refractivity (Wildman–Crippen MR) is 128 cm³/mol. The summed E-state index contributed by atoms with van der Waals surface area (Å²) in [5, 5.41) is 3.26. The number of aryl methyl sites for hydroxylation is 3. The van der Waals surface area contributed by atoms with Gasteiger partial charge in [0.05, 0.1) is 13.2 Å². The first kappa shape index (κ1) is 24.1. The summed E-state index contributed by atoms with van der Waals surface area (Å²) >= 11 is 2.00. The number of thiophene rings is 1. The first-order chi connectivity index (χ1) is 14.0. The van der Waals surface area contributed by atoms with Gasteiger partial charge < -0.3 is 10.1 Å². The average Bonchev–Trinajstić information content (AvgIpc) is 3.00. The smallest absolute Gasteiger partial charge is 0.0617 e. The second-order valence-electron chi connectivity index (χ2n) is 8.49. The van der Waals surface area contributed by atoms with E-state index in [0.29, 0.717) is 6.04 Å². The van der Waals surface area contributed by atoms with E-state index in [9.17, 15) is 0 Å². The van der Waals surface area contributed by atoms with Crippen LogP contribution in [0.4, 0.5) is 0 Å². The average molecular weight is 416 g/mol. The van der Waals surface area contributed by atoms with Crippen LogP contribution < -0.4 is 5.32 Å². The van der Waals surface area contributed by atoms with E-state index >= 15 is 0 Å². The fourth-order valence-corrected chi connectivity index (χ4v) is 4.99. The van der Waals surface area contributed by atoms with Gasteiger partial charge in [0.1, 0.15) is 0 Å². The zero-order chi connectivity index (χ0) is 21.1. The highest BCUT2D eigenvalue weighted by atomic mass is 32.1. The summed E-state index contributed by atoms with van der Waals surface area (Å²) in [6, 6.07) is 11.4. The molecule has 0 saturated carbocycles. The van der Waals surface area contributed by atoms with Crippen molar-refractivity contribution in [3.05, 3.63) is 56.8 Å². The SMILES string of the molecule is CC1COCCN1.CCC(C)CCc1c(C)sc(C)c1CCCc1ccccc1. The van der Waals surface area contributed by atoms with Gasteiger partial charge in [-0.05, 0) is 75.5 Å². The summed E-state index contributed by atoms with van der Waals surface area (Å²) < 4.78 is 5.12. The van der Waals surface area contributed by atoms with Crippen molar-refractivity contribution in [1.82, 2.24) is 5.32 Å². The molecule has 2 nitrogen and oxygen atoms in total. The van der Waals surface area contributed by atoms with Crippen molar-refractivity contribution in [3.63, 3.8) is 0 Å². The van der Waals surface area contributed by atoms with Gasteiger partial charge in [-0.25, -0.2) is 0 Å². The molecular formula is C26H41NOS. The van der Waals surface area contributed by atoms with Crippen LogP contribution in [-0.4, -0.2) is 25.8 Å². The lowest BCUT2D eigenvalue weighted by molar-refractivity contribution is 0.0824. The summed E-state index contributed by atoms with van der Waals surface area (Å²) in [6.45, 7) is 14.2. The molecule has 1 N–H and O–H groups in total. The monoisotopic (exact) mass is 415 g/mol. The number of benzene rings is 1. The molecule has 3 heteroatoms. The number of morpholine rings is 1. The second kappa shape index (κ2) is 13.2. The van der Waals surface area contributed by atoms with Gasteiger partial charge in [-0.3, -0.25) is 0 Å². The number of nitrogens with one attached hydrogen (secondary N) is 1. The summed E-state index contributed by atoms with van der Waals surface area (Å²) in [5.74, 6) is 0.844. The third-order valence-corrected chi connectivity index (χ3v) is 7.05. The highest BCUT2D eigenvalue weighted by Gasteiger charge is 2.13. The lowest BCUT2D eigenvalue weighted by Crippen LogP contribution is -2.38. The maximum absolute atomic E-state index is 5.12. The summed E-state index contributed by atoms with van der Waals surface area (Å²) in [4.78, 5) is 3.10. The van der Waals surface area contributed by atoms with Gasteiger partial charge in [0.25, 0.3) is 0 Å². The third-order valence-electron chi connectivity index (χ3n) is 5.95. The summed E-state index contributed by atoms with van der Waals surface area (Å²) in [6.07, 6.45) is 7.59. The van der Waals surface area contributed by atoms with Crippen molar-refractivity contribution in [2.75, 3.05) is 19.8 Å². The number of ether oxygens (including phenoxy) is 1. The largest absolute Gasteiger partial charge is 0.379 e. The van der Waals surface area contributed by atoms with E-state index in [0.717, 1.165) is 25.7 Å². The molecule has 29 heavy (non-hydrogen) atoms. The highest BCUT2D eigenvalue weighted by Crippen LogP contribution is 2.31. The summed E-state index contributed by atoms with van der Waals surface area (Å²) in [5.41, 5.74) is 4.78. The van der Waals surface area contributed by atoms with Gasteiger partial charge in [0, 0.05) is 22.3 Å². The van der Waals surface area contributed by atoms with E-state index in [2.05, 4.69) is 70.3 Å².